The molecule has 22 heavy (non-hydrogen) atoms. The lowest BCUT2D eigenvalue weighted by Gasteiger charge is -2.12. The third kappa shape index (κ3) is 3.20. The molecule has 0 amide bonds. The molecular formula is C16H13FN2O3. The molecule has 6 heteroatoms. The number of ether oxygens (including phenoxy) is 1. The largest absolute Gasteiger partial charge is 0.465 e. The second kappa shape index (κ2) is 6.68. The maximum atomic E-state index is 13.0. The summed E-state index contributed by atoms with van der Waals surface area (Å²) in [5.74, 6) is -0.986. The molecule has 0 spiro atoms. The summed E-state index contributed by atoms with van der Waals surface area (Å²) in [5.41, 5.74) is 0.317. The van der Waals surface area contributed by atoms with Crippen molar-refractivity contribution in [1.82, 2.24) is 4.57 Å². The van der Waals surface area contributed by atoms with Gasteiger partial charge in [-0.25, -0.2) is 4.39 Å². The smallest absolute Gasteiger partial charge is 0.326 e. The number of nitriles is 1. The molecule has 0 atom stereocenters. The quantitative estimate of drug-likeness (QED) is 0.810. The minimum absolute atomic E-state index is 0.0739. The summed E-state index contributed by atoms with van der Waals surface area (Å²) in [6.45, 7) is 1.54. The molecule has 0 aliphatic rings. The van der Waals surface area contributed by atoms with Crippen LogP contribution in [0.25, 0.3) is 11.3 Å². The van der Waals surface area contributed by atoms with Gasteiger partial charge in [0.1, 0.15) is 24.0 Å². The highest BCUT2D eigenvalue weighted by atomic mass is 19.1. The fraction of sp³-hybridized carbons (Fsp3) is 0.188. The Morgan fingerprint density at radius 1 is 1.27 bits per heavy atom. The van der Waals surface area contributed by atoms with E-state index in [9.17, 15) is 14.0 Å². The number of hydrogen-bond donors (Lipinski definition) is 0. The summed E-state index contributed by atoms with van der Waals surface area (Å²) in [6, 6.07) is 10.2. The highest BCUT2D eigenvalue weighted by Gasteiger charge is 2.14. The van der Waals surface area contributed by atoms with Crippen molar-refractivity contribution < 1.29 is 13.9 Å². The molecule has 0 fully saturated rings. The molecule has 1 aromatic heterocycles. The number of hydrogen-bond acceptors (Lipinski definition) is 4. The third-order valence-corrected chi connectivity index (χ3v) is 3.03. The normalized spacial score (nSPS) is 10.0. The van der Waals surface area contributed by atoms with Crippen molar-refractivity contribution in [2.75, 3.05) is 6.61 Å². The van der Waals surface area contributed by atoms with E-state index in [1.54, 1.807) is 19.1 Å². The van der Waals surface area contributed by atoms with Crippen LogP contribution in [0.15, 0.2) is 41.2 Å². The summed E-state index contributed by atoms with van der Waals surface area (Å²) in [6.07, 6.45) is 0. The van der Waals surface area contributed by atoms with Crippen molar-refractivity contribution in [2.45, 2.75) is 13.5 Å². The van der Waals surface area contributed by atoms with E-state index in [0.717, 1.165) is 4.57 Å². The van der Waals surface area contributed by atoms with Gasteiger partial charge in [-0.1, -0.05) is 0 Å². The fourth-order valence-corrected chi connectivity index (χ4v) is 2.03. The Kier molecular flexibility index (Phi) is 4.69. The Balaban J connectivity index is 2.56. The van der Waals surface area contributed by atoms with Gasteiger partial charge in [0.05, 0.1) is 12.3 Å². The first-order chi connectivity index (χ1) is 10.6. The first-order valence-corrected chi connectivity index (χ1v) is 6.62. The Morgan fingerprint density at radius 2 is 1.95 bits per heavy atom. The number of halogens is 1. The number of carbonyl (C=O) groups excluding carboxylic acids is 1. The molecule has 1 aromatic carbocycles. The number of pyridine rings is 1. The van der Waals surface area contributed by atoms with Crippen LogP contribution < -0.4 is 5.56 Å². The number of aromatic nitrogens is 1. The number of carbonyl (C=O) groups is 1. The van der Waals surface area contributed by atoms with Crippen LogP contribution in [-0.4, -0.2) is 17.1 Å². The van der Waals surface area contributed by atoms with Crippen LogP contribution in [0.5, 0.6) is 0 Å². The van der Waals surface area contributed by atoms with Crippen LogP contribution in [0.4, 0.5) is 4.39 Å². The molecular weight excluding hydrogens is 287 g/mol. The van der Waals surface area contributed by atoms with Gasteiger partial charge in [0, 0.05) is 0 Å². The first kappa shape index (κ1) is 15.4. The van der Waals surface area contributed by atoms with E-state index in [1.807, 2.05) is 0 Å². The van der Waals surface area contributed by atoms with Crippen molar-refractivity contribution in [3.8, 4) is 17.3 Å². The zero-order valence-electron chi connectivity index (χ0n) is 11.9. The van der Waals surface area contributed by atoms with Crippen molar-refractivity contribution in [1.29, 1.82) is 5.26 Å². The van der Waals surface area contributed by atoms with Crippen LogP contribution in [0.1, 0.15) is 12.5 Å². The molecule has 0 aliphatic carbocycles. The van der Waals surface area contributed by atoms with Crippen molar-refractivity contribution in [2.24, 2.45) is 0 Å². The summed E-state index contributed by atoms with van der Waals surface area (Å²) in [4.78, 5) is 23.9. The minimum Gasteiger partial charge on any atom is -0.465 e. The van der Waals surface area contributed by atoms with Crippen LogP contribution in [-0.2, 0) is 16.1 Å². The molecule has 2 rings (SSSR count). The lowest BCUT2D eigenvalue weighted by molar-refractivity contribution is -0.143. The molecule has 2 aromatic rings. The first-order valence-electron chi connectivity index (χ1n) is 6.62. The molecule has 0 N–H and O–H groups in total. The van der Waals surface area contributed by atoms with E-state index in [1.165, 1.54) is 30.3 Å². The second-order valence-electron chi connectivity index (χ2n) is 4.45. The average Bonchev–Trinajstić information content (AvgIpc) is 2.50. The predicted octanol–water partition coefficient (Wildman–Crippen LogP) is 2.09. The van der Waals surface area contributed by atoms with Crippen molar-refractivity contribution in [3.05, 3.63) is 58.1 Å². The van der Waals surface area contributed by atoms with Gasteiger partial charge in [-0.2, -0.15) is 5.26 Å². The van der Waals surface area contributed by atoms with E-state index in [4.69, 9.17) is 10.00 Å². The highest BCUT2D eigenvalue weighted by Crippen LogP contribution is 2.19. The maximum Gasteiger partial charge on any atom is 0.326 e. The van der Waals surface area contributed by atoms with Crippen molar-refractivity contribution in [3.63, 3.8) is 0 Å². The monoisotopic (exact) mass is 300 g/mol. The highest BCUT2D eigenvalue weighted by molar-refractivity contribution is 5.71. The van der Waals surface area contributed by atoms with Crippen molar-refractivity contribution >= 4 is 5.97 Å². The topological polar surface area (TPSA) is 72.1 Å². The van der Waals surface area contributed by atoms with E-state index in [0.29, 0.717) is 11.3 Å². The minimum atomic E-state index is -0.586. The van der Waals surface area contributed by atoms with Gasteiger partial charge in [0.15, 0.2) is 0 Å². The zero-order chi connectivity index (χ0) is 16.1. The number of rotatable bonds is 4. The molecule has 5 nitrogen and oxygen atoms in total. The summed E-state index contributed by atoms with van der Waals surface area (Å²) in [7, 11) is 0. The van der Waals surface area contributed by atoms with Gasteiger partial charge >= 0.3 is 5.97 Å². The molecule has 0 radical (unpaired) electrons. The standard InChI is InChI=1S/C16H13FN2O3/c1-2-22-15(20)10-19-14(8-5-12(9-18)16(19)21)11-3-6-13(17)7-4-11/h3-8H,2,10H2,1H3. The van der Waals surface area contributed by atoms with E-state index in [-0.39, 0.29) is 18.7 Å². The molecule has 0 unspecified atom stereocenters. The molecule has 0 bridgehead atoms. The lowest BCUT2D eigenvalue weighted by Crippen LogP contribution is -2.28. The van der Waals surface area contributed by atoms with Gasteiger partial charge in [0.25, 0.3) is 5.56 Å². The molecule has 112 valence electrons. The summed E-state index contributed by atoms with van der Waals surface area (Å²) in [5, 5.41) is 8.95. The molecule has 0 saturated carbocycles. The third-order valence-electron chi connectivity index (χ3n) is 3.03. The van der Waals surface area contributed by atoms with Crippen LogP contribution in [0.2, 0.25) is 0 Å². The number of benzene rings is 1. The van der Waals surface area contributed by atoms with Gasteiger partial charge in [-0.05, 0) is 48.9 Å². The van der Waals surface area contributed by atoms with Gasteiger partial charge in [-0.15, -0.1) is 0 Å². The van der Waals surface area contributed by atoms with E-state index < -0.39 is 17.3 Å². The molecule has 0 aliphatic heterocycles. The Bertz CT molecular complexity index is 789. The molecule has 0 saturated heterocycles. The Hall–Kier alpha value is -2.94. The Labute approximate surface area is 126 Å². The summed E-state index contributed by atoms with van der Waals surface area (Å²) < 4.78 is 19.0. The Morgan fingerprint density at radius 3 is 2.55 bits per heavy atom. The lowest BCUT2D eigenvalue weighted by atomic mass is 10.1. The van der Waals surface area contributed by atoms with E-state index in [2.05, 4.69) is 0 Å². The fourth-order valence-electron chi connectivity index (χ4n) is 2.03. The summed E-state index contributed by atoms with van der Waals surface area (Å²) >= 11 is 0. The van der Waals surface area contributed by atoms with Crippen LogP contribution >= 0.6 is 0 Å². The predicted molar refractivity (Wildman–Crippen MR) is 77.4 cm³/mol. The zero-order valence-corrected chi connectivity index (χ0v) is 11.9. The van der Waals surface area contributed by atoms with Crippen LogP contribution in [0.3, 0.4) is 0 Å². The van der Waals surface area contributed by atoms with Gasteiger partial charge in [-0.3, -0.25) is 14.2 Å². The van der Waals surface area contributed by atoms with Gasteiger partial charge in [0.2, 0.25) is 0 Å². The SMILES string of the molecule is CCOC(=O)Cn1c(-c2ccc(F)cc2)ccc(C#N)c1=O. The number of nitrogens with zero attached hydrogens (tertiary/aromatic N) is 2. The number of esters is 1. The van der Waals surface area contributed by atoms with Gasteiger partial charge < -0.3 is 4.74 Å². The average molecular weight is 300 g/mol. The van der Waals surface area contributed by atoms with E-state index >= 15 is 0 Å². The van der Waals surface area contributed by atoms with Crippen LogP contribution in [0, 0.1) is 17.1 Å². The maximum absolute atomic E-state index is 13.0. The second-order valence-corrected chi connectivity index (χ2v) is 4.45. The molecule has 1 heterocycles.